The van der Waals surface area contributed by atoms with Gasteiger partial charge in [-0.3, -0.25) is 4.79 Å². The normalized spacial score (nSPS) is 15.2. The first-order valence-corrected chi connectivity index (χ1v) is 10.1. The van der Waals surface area contributed by atoms with Crippen LogP contribution in [0.25, 0.3) is 11.1 Å². The Labute approximate surface area is 164 Å². The monoisotopic (exact) mass is 382 g/mol. The van der Waals surface area contributed by atoms with Gasteiger partial charge in [0.25, 0.3) is 5.91 Å². The number of carbonyl (C=O) groups is 1. The van der Waals surface area contributed by atoms with Crippen molar-refractivity contribution in [3.63, 3.8) is 0 Å². The van der Waals surface area contributed by atoms with E-state index in [1.165, 1.54) is 19.3 Å². The van der Waals surface area contributed by atoms with E-state index in [1.807, 2.05) is 6.07 Å². The number of oxazole rings is 1. The molecule has 7 heteroatoms. The van der Waals surface area contributed by atoms with Crippen LogP contribution in [0.1, 0.15) is 79.3 Å². The molecule has 0 N–H and O–H groups in total. The highest BCUT2D eigenvalue weighted by Crippen LogP contribution is 2.33. The number of aromatic nitrogens is 3. The number of nitrogens with zero attached hydrogens (tertiary/aromatic N) is 4. The summed E-state index contributed by atoms with van der Waals surface area (Å²) in [5.41, 5.74) is 2.04. The molecule has 1 aliphatic carbocycles. The molecule has 1 amide bonds. The van der Waals surface area contributed by atoms with Gasteiger partial charge in [-0.15, -0.1) is 0 Å². The van der Waals surface area contributed by atoms with Gasteiger partial charge in [0.05, 0.1) is 6.54 Å². The minimum atomic E-state index is -0.118. The third kappa shape index (κ3) is 3.93. The second-order valence-corrected chi connectivity index (χ2v) is 7.59. The van der Waals surface area contributed by atoms with E-state index in [9.17, 15) is 4.79 Å². The summed E-state index contributed by atoms with van der Waals surface area (Å²) in [5, 5.41) is 3.93. The molecular formula is C21H26N4O3. The van der Waals surface area contributed by atoms with Crippen molar-refractivity contribution in [2.45, 2.75) is 64.3 Å². The molecule has 0 aliphatic heterocycles. The number of hydrogen-bond acceptors (Lipinski definition) is 6. The topological polar surface area (TPSA) is 85.3 Å². The number of carbonyl (C=O) groups excluding carboxylic acids is 1. The Kier molecular flexibility index (Phi) is 5.41. The molecular weight excluding hydrogens is 356 g/mol. The van der Waals surface area contributed by atoms with Gasteiger partial charge in [0.1, 0.15) is 5.52 Å². The van der Waals surface area contributed by atoms with Crippen molar-refractivity contribution < 1.29 is 13.7 Å². The van der Waals surface area contributed by atoms with Crippen molar-refractivity contribution in [3.8, 4) is 0 Å². The Bertz CT molecular complexity index is 956. The van der Waals surface area contributed by atoms with Crippen LogP contribution in [0.5, 0.6) is 0 Å². The van der Waals surface area contributed by atoms with Crippen molar-refractivity contribution in [1.82, 2.24) is 20.0 Å². The van der Waals surface area contributed by atoms with Gasteiger partial charge in [-0.05, 0) is 37.5 Å². The van der Waals surface area contributed by atoms with Gasteiger partial charge < -0.3 is 13.8 Å². The number of rotatable bonds is 6. The van der Waals surface area contributed by atoms with Crippen LogP contribution in [0.4, 0.5) is 0 Å². The van der Waals surface area contributed by atoms with Gasteiger partial charge in [0.2, 0.25) is 5.89 Å². The van der Waals surface area contributed by atoms with Gasteiger partial charge in [-0.25, -0.2) is 4.98 Å². The Morgan fingerprint density at radius 3 is 2.82 bits per heavy atom. The van der Waals surface area contributed by atoms with Crippen LogP contribution in [0.15, 0.2) is 27.1 Å². The fourth-order valence-corrected chi connectivity index (χ4v) is 3.77. The number of aryl methyl sites for hydroxylation is 1. The summed E-state index contributed by atoms with van der Waals surface area (Å²) in [6, 6.07) is 5.44. The Hall–Kier alpha value is -2.70. The molecule has 1 fully saturated rings. The molecule has 1 aliphatic rings. The predicted octanol–water partition coefficient (Wildman–Crippen LogP) is 4.48. The first-order chi connectivity index (χ1) is 13.6. The van der Waals surface area contributed by atoms with Crippen molar-refractivity contribution in [2.24, 2.45) is 0 Å². The fourth-order valence-electron chi connectivity index (χ4n) is 3.77. The molecule has 2 aromatic heterocycles. The molecule has 0 unspecified atom stereocenters. The molecule has 0 bridgehead atoms. The third-order valence-electron chi connectivity index (χ3n) is 5.31. The van der Waals surface area contributed by atoms with Crippen LogP contribution < -0.4 is 0 Å². The van der Waals surface area contributed by atoms with E-state index in [0.717, 1.165) is 37.1 Å². The number of amides is 1. The molecule has 2 heterocycles. The van der Waals surface area contributed by atoms with E-state index in [1.54, 1.807) is 24.1 Å². The summed E-state index contributed by atoms with van der Waals surface area (Å²) < 4.78 is 11.2. The van der Waals surface area contributed by atoms with Crippen molar-refractivity contribution in [3.05, 3.63) is 41.4 Å². The van der Waals surface area contributed by atoms with Crippen LogP contribution in [0.2, 0.25) is 0 Å². The highest BCUT2D eigenvalue weighted by atomic mass is 16.5. The highest BCUT2D eigenvalue weighted by Gasteiger charge is 2.22. The van der Waals surface area contributed by atoms with Gasteiger partial charge in [-0.1, -0.05) is 31.3 Å². The lowest BCUT2D eigenvalue weighted by Crippen LogP contribution is -2.26. The van der Waals surface area contributed by atoms with E-state index in [0.29, 0.717) is 28.8 Å². The van der Waals surface area contributed by atoms with Crippen LogP contribution in [0, 0.1) is 0 Å². The second kappa shape index (κ2) is 8.12. The SMILES string of the molecule is CCCc1noc(CN(C)C(=O)c2ccc3nc(C4CCCCC4)oc3c2)n1. The summed E-state index contributed by atoms with van der Waals surface area (Å²) in [7, 11) is 1.73. The average molecular weight is 382 g/mol. The number of hydrogen-bond donors (Lipinski definition) is 0. The van der Waals surface area contributed by atoms with Gasteiger partial charge in [0.15, 0.2) is 17.3 Å². The maximum atomic E-state index is 12.8. The van der Waals surface area contributed by atoms with Crippen LogP contribution in [-0.2, 0) is 13.0 Å². The summed E-state index contributed by atoms with van der Waals surface area (Å²) in [5.74, 6) is 2.21. The standard InChI is InChI=1S/C21H26N4O3/c1-3-7-18-23-19(28-24-18)13-25(2)21(26)15-10-11-16-17(12-15)27-20(22-16)14-8-5-4-6-9-14/h10-12,14H,3-9,13H2,1-2H3. The van der Waals surface area contributed by atoms with Crippen molar-refractivity contribution in [2.75, 3.05) is 7.05 Å². The summed E-state index contributed by atoms with van der Waals surface area (Å²) in [6.07, 6.45) is 7.74. The lowest BCUT2D eigenvalue weighted by atomic mass is 9.89. The minimum absolute atomic E-state index is 0.118. The third-order valence-corrected chi connectivity index (χ3v) is 5.31. The van der Waals surface area contributed by atoms with E-state index in [4.69, 9.17) is 8.94 Å². The Morgan fingerprint density at radius 1 is 1.21 bits per heavy atom. The molecule has 0 spiro atoms. The van der Waals surface area contributed by atoms with Gasteiger partial charge >= 0.3 is 0 Å². The first-order valence-electron chi connectivity index (χ1n) is 10.1. The predicted molar refractivity (Wildman–Crippen MR) is 104 cm³/mol. The molecule has 148 valence electrons. The summed E-state index contributed by atoms with van der Waals surface area (Å²) in [4.78, 5) is 23.3. The molecule has 1 aromatic carbocycles. The average Bonchev–Trinajstić information content (AvgIpc) is 3.34. The fraction of sp³-hybridized carbons (Fsp3) is 0.524. The van der Waals surface area contributed by atoms with Gasteiger partial charge in [0, 0.05) is 24.9 Å². The number of benzene rings is 1. The summed E-state index contributed by atoms with van der Waals surface area (Å²) >= 11 is 0. The zero-order valence-corrected chi connectivity index (χ0v) is 16.5. The lowest BCUT2D eigenvalue weighted by Gasteiger charge is -2.17. The molecule has 0 radical (unpaired) electrons. The van der Waals surface area contributed by atoms with Crippen molar-refractivity contribution in [1.29, 1.82) is 0 Å². The largest absolute Gasteiger partial charge is 0.440 e. The minimum Gasteiger partial charge on any atom is -0.440 e. The molecule has 0 saturated heterocycles. The quantitative estimate of drug-likeness (QED) is 0.625. The highest BCUT2D eigenvalue weighted by molar-refractivity contribution is 5.96. The van der Waals surface area contributed by atoms with Crippen LogP contribution in [-0.4, -0.2) is 33.0 Å². The molecule has 7 nitrogen and oxygen atoms in total. The smallest absolute Gasteiger partial charge is 0.254 e. The molecule has 1 saturated carbocycles. The zero-order chi connectivity index (χ0) is 19.5. The van der Waals surface area contributed by atoms with E-state index < -0.39 is 0 Å². The van der Waals surface area contributed by atoms with Crippen LogP contribution in [0.3, 0.4) is 0 Å². The van der Waals surface area contributed by atoms with E-state index in [2.05, 4.69) is 22.0 Å². The lowest BCUT2D eigenvalue weighted by molar-refractivity contribution is 0.0769. The zero-order valence-electron chi connectivity index (χ0n) is 16.5. The van der Waals surface area contributed by atoms with Crippen molar-refractivity contribution >= 4 is 17.0 Å². The molecule has 4 rings (SSSR count). The van der Waals surface area contributed by atoms with E-state index in [-0.39, 0.29) is 12.5 Å². The van der Waals surface area contributed by atoms with E-state index >= 15 is 0 Å². The Morgan fingerprint density at radius 2 is 2.04 bits per heavy atom. The first kappa shape index (κ1) is 18.7. The summed E-state index contributed by atoms with van der Waals surface area (Å²) in [6.45, 7) is 2.34. The molecule has 3 aromatic rings. The number of fused-ring (bicyclic) bond motifs is 1. The second-order valence-electron chi connectivity index (χ2n) is 7.59. The van der Waals surface area contributed by atoms with Gasteiger partial charge in [-0.2, -0.15) is 4.98 Å². The molecule has 28 heavy (non-hydrogen) atoms. The molecule has 0 atom stereocenters. The van der Waals surface area contributed by atoms with Crippen LogP contribution >= 0.6 is 0 Å². The maximum absolute atomic E-state index is 12.8. The Balaban J connectivity index is 1.48. The maximum Gasteiger partial charge on any atom is 0.254 e.